The molecule has 0 aromatic rings. The normalized spacial score (nSPS) is 28.3. The Hall–Kier alpha value is -0.570. The van der Waals surface area contributed by atoms with Gasteiger partial charge in [-0.05, 0) is 32.2 Å². The molecular formula is C12H23NO2. The van der Waals surface area contributed by atoms with Crippen molar-refractivity contribution in [3.8, 4) is 0 Å². The van der Waals surface area contributed by atoms with Crippen molar-refractivity contribution in [3.63, 3.8) is 0 Å². The van der Waals surface area contributed by atoms with Gasteiger partial charge in [0.2, 0.25) is 0 Å². The van der Waals surface area contributed by atoms with Crippen molar-refractivity contribution in [2.24, 2.45) is 11.8 Å². The first-order chi connectivity index (χ1) is 7.04. The highest BCUT2D eigenvalue weighted by Gasteiger charge is 2.27. The molecule has 0 aromatic heterocycles. The Morgan fingerprint density at radius 1 is 1.53 bits per heavy atom. The predicted molar refractivity (Wildman–Crippen MR) is 60.8 cm³/mol. The second kappa shape index (κ2) is 5.50. The molecular weight excluding hydrogens is 190 g/mol. The molecule has 0 saturated heterocycles. The van der Waals surface area contributed by atoms with Crippen molar-refractivity contribution in [1.82, 2.24) is 4.90 Å². The Morgan fingerprint density at radius 2 is 2.20 bits per heavy atom. The largest absolute Gasteiger partial charge is 0.481 e. The van der Waals surface area contributed by atoms with E-state index in [-0.39, 0.29) is 5.92 Å². The van der Waals surface area contributed by atoms with Crippen LogP contribution in [0.5, 0.6) is 0 Å². The van der Waals surface area contributed by atoms with E-state index >= 15 is 0 Å². The molecule has 0 aromatic carbocycles. The maximum atomic E-state index is 10.7. The fourth-order valence-corrected chi connectivity index (χ4v) is 2.48. The summed E-state index contributed by atoms with van der Waals surface area (Å²) in [7, 11) is 2.06. The van der Waals surface area contributed by atoms with Crippen LogP contribution < -0.4 is 0 Å². The van der Waals surface area contributed by atoms with Gasteiger partial charge in [-0.2, -0.15) is 0 Å². The van der Waals surface area contributed by atoms with Crippen molar-refractivity contribution >= 4 is 5.97 Å². The number of nitrogens with zero attached hydrogens (tertiary/aromatic N) is 1. The van der Waals surface area contributed by atoms with Crippen molar-refractivity contribution in [2.45, 2.75) is 45.6 Å². The molecule has 15 heavy (non-hydrogen) atoms. The minimum Gasteiger partial charge on any atom is -0.481 e. The highest BCUT2D eigenvalue weighted by molar-refractivity contribution is 5.69. The van der Waals surface area contributed by atoms with E-state index in [1.807, 2.05) is 0 Å². The Morgan fingerprint density at radius 3 is 2.67 bits per heavy atom. The smallest absolute Gasteiger partial charge is 0.307 e. The number of carboxylic acid groups (broad SMARTS) is 1. The maximum Gasteiger partial charge on any atom is 0.307 e. The molecule has 0 amide bonds. The summed E-state index contributed by atoms with van der Waals surface area (Å²) in [6, 6.07) is 0.608. The van der Waals surface area contributed by atoms with E-state index in [2.05, 4.69) is 18.9 Å². The van der Waals surface area contributed by atoms with Gasteiger partial charge in [-0.15, -0.1) is 0 Å². The van der Waals surface area contributed by atoms with E-state index in [1.54, 1.807) is 6.92 Å². The van der Waals surface area contributed by atoms with Crippen LogP contribution in [0.1, 0.15) is 39.5 Å². The van der Waals surface area contributed by atoms with E-state index in [1.165, 1.54) is 25.7 Å². The minimum absolute atomic E-state index is 0.254. The molecule has 3 heteroatoms. The van der Waals surface area contributed by atoms with Gasteiger partial charge in [0.15, 0.2) is 0 Å². The van der Waals surface area contributed by atoms with E-state index in [4.69, 9.17) is 5.11 Å². The Labute approximate surface area is 92.5 Å². The molecule has 3 atom stereocenters. The van der Waals surface area contributed by atoms with E-state index in [0.717, 1.165) is 5.92 Å². The van der Waals surface area contributed by atoms with Crippen LogP contribution in [0.4, 0.5) is 0 Å². The third-order valence-electron chi connectivity index (χ3n) is 3.70. The van der Waals surface area contributed by atoms with E-state index in [9.17, 15) is 4.79 Å². The summed E-state index contributed by atoms with van der Waals surface area (Å²) >= 11 is 0. The topological polar surface area (TPSA) is 40.5 Å². The van der Waals surface area contributed by atoms with Gasteiger partial charge in [0.1, 0.15) is 0 Å². The van der Waals surface area contributed by atoms with Crippen molar-refractivity contribution in [2.75, 3.05) is 13.6 Å². The Bertz CT molecular complexity index is 218. The summed E-state index contributed by atoms with van der Waals surface area (Å²) in [6.07, 6.45) is 5.06. The lowest BCUT2D eigenvalue weighted by Crippen LogP contribution is -2.35. The average Bonchev–Trinajstić information content (AvgIpc) is 2.65. The maximum absolute atomic E-state index is 10.7. The second-order valence-electron chi connectivity index (χ2n) is 4.92. The molecule has 1 fully saturated rings. The van der Waals surface area contributed by atoms with Crippen LogP contribution in [0, 0.1) is 11.8 Å². The van der Waals surface area contributed by atoms with Crippen LogP contribution in [0.15, 0.2) is 0 Å². The molecule has 1 saturated carbocycles. The monoisotopic (exact) mass is 213 g/mol. The molecule has 3 nitrogen and oxygen atoms in total. The zero-order valence-electron chi connectivity index (χ0n) is 10.1. The molecule has 1 rings (SSSR count). The van der Waals surface area contributed by atoms with Gasteiger partial charge < -0.3 is 10.0 Å². The summed E-state index contributed by atoms with van der Waals surface area (Å²) in [4.78, 5) is 13.0. The fourth-order valence-electron chi connectivity index (χ4n) is 2.48. The summed E-state index contributed by atoms with van der Waals surface area (Å²) in [5.41, 5.74) is 0. The number of rotatable bonds is 5. The standard InChI is InChI=1S/C12H23NO2/c1-4-10-5-6-11(7-10)13(3)8-9(2)12(14)15/h9-11H,4-8H2,1-3H3,(H,14,15). The van der Waals surface area contributed by atoms with Crippen LogP contribution in [-0.4, -0.2) is 35.6 Å². The molecule has 0 bridgehead atoms. The lowest BCUT2D eigenvalue weighted by atomic mass is 10.0. The van der Waals surface area contributed by atoms with Crippen LogP contribution in [0.2, 0.25) is 0 Å². The lowest BCUT2D eigenvalue weighted by molar-refractivity contribution is -0.141. The average molecular weight is 213 g/mol. The molecule has 88 valence electrons. The summed E-state index contributed by atoms with van der Waals surface area (Å²) < 4.78 is 0. The summed E-state index contributed by atoms with van der Waals surface area (Å²) in [5.74, 6) is -0.0832. The number of carboxylic acids is 1. The first-order valence-electron chi connectivity index (χ1n) is 5.97. The molecule has 0 aliphatic heterocycles. The van der Waals surface area contributed by atoms with E-state index in [0.29, 0.717) is 12.6 Å². The SMILES string of the molecule is CCC1CCC(N(C)CC(C)C(=O)O)C1. The van der Waals surface area contributed by atoms with Gasteiger partial charge in [0, 0.05) is 12.6 Å². The van der Waals surface area contributed by atoms with Gasteiger partial charge in [-0.3, -0.25) is 4.79 Å². The molecule has 0 radical (unpaired) electrons. The molecule has 1 N–H and O–H groups in total. The van der Waals surface area contributed by atoms with Crippen molar-refractivity contribution < 1.29 is 9.90 Å². The van der Waals surface area contributed by atoms with Gasteiger partial charge in [0.05, 0.1) is 5.92 Å². The molecule has 0 spiro atoms. The van der Waals surface area contributed by atoms with Gasteiger partial charge in [-0.25, -0.2) is 0 Å². The van der Waals surface area contributed by atoms with Crippen molar-refractivity contribution in [1.29, 1.82) is 0 Å². The second-order valence-corrected chi connectivity index (χ2v) is 4.92. The zero-order valence-corrected chi connectivity index (χ0v) is 10.1. The first kappa shape index (κ1) is 12.5. The summed E-state index contributed by atoms with van der Waals surface area (Å²) in [5, 5.41) is 8.85. The fraction of sp³-hybridized carbons (Fsp3) is 0.917. The number of hydrogen-bond acceptors (Lipinski definition) is 2. The van der Waals surface area contributed by atoms with Crippen LogP contribution >= 0.6 is 0 Å². The Balaban J connectivity index is 2.35. The van der Waals surface area contributed by atoms with E-state index < -0.39 is 5.97 Å². The highest BCUT2D eigenvalue weighted by Crippen LogP contribution is 2.30. The summed E-state index contributed by atoms with van der Waals surface area (Å²) in [6.45, 7) is 4.70. The number of carbonyl (C=O) groups is 1. The van der Waals surface area contributed by atoms with Crippen LogP contribution in [0.25, 0.3) is 0 Å². The molecule has 0 heterocycles. The van der Waals surface area contributed by atoms with Crippen molar-refractivity contribution in [3.05, 3.63) is 0 Å². The predicted octanol–water partition coefficient (Wildman–Crippen LogP) is 2.22. The number of hydrogen-bond donors (Lipinski definition) is 1. The van der Waals surface area contributed by atoms with Gasteiger partial charge in [-0.1, -0.05) is 20.3 Å². The van der Waals surface area contributed by atoms with Crippen LogP contribution in [0.3, 0.4) is 0 Å². The molecule has 1 aliphatic rings. The first-order valence-corrected chi connectivity index (χ1v) is 5.97. The Kier molecular flexibility index (Phi) is 4.58. The van der Waals surface area contributed by atoms with Gasteiger partial charge in [0.25, 0.3) is 0 Å². The van der Waals surface area contributed by atoms with Gasteiger partial charge >= 0.3 is 5.97 Å². The zero-order chi connectivity index (χ0) is 11.4. The molecule has 1 aliphatic carbocycles. The third-order valence-corrected chi connectivity index (χ3v) is 3.70. The highest BCUT2D eigenvalue weighted by atomic mass is 16.4. The third kappa shape index (κ3) is 3.49. The lowest BCUT2D eigenvalue weighted by Gasteiger charge is -2.26. The quantitative estimate of drug-likeness (QED) is 0.761. The van der Waals surface area contributed by atoms with Crippen LogP contribution in [-0.2, 0) is 4.79 Å². The number of aliphatic carboxylic acids is 1. The molecule has 3 unspecified atom stereocenters. The minimum atomic E-state index is -0.688.